The highest BCUT2D eigenvalue weighted by atomic mass is 32.1. The second kappa shape index (κ2) is 8.37. The molecule has 0 radical (unpaired) electrons. The Hall–Kier alpha value is -2.81. The van der Waals surface area contributed by atoms with Crippen LogP contribution in [-0.2, 0) is 4.74 Å². The molecule has 0 amide bonds. The standard InChI is InChI=1S/C23H26N6OS/c1-14-16-4-2-3-5-17(16)19(14)23-28-20(21(31-23)22(25)27-13-24)15-6-7-18(26-12-15)29-8-10-30-11-9-29/h2-7,12,14,16H,8-11,13,24H2,1H3,(H2,25,27). The Labute approximate surface area is 185 Å². The van der Waals surface area contributed by atoms with Crippen LogP contribution in [0, 0.1) is 11.8 Å². The monoisotopic (exact) mass is 434 g/mol. The summed E-state index contributed by atoms with van der Waals surface area (Å²) in [6.07, 6.45) is 10.5. The van der Waals surface area contributed by atoms with Crippen LogP contribution in [0.15, 0.2) is 53.2 Å². The quantitative estimate of drug-likeness (QED) is 0.554. The molecule has 8 heteroatoms. The summed E-state index contributed by atoms with van der Waals surface area (Å²) in [4.78, 5) is 17.0. The highest BCUT2D eigenvalue weighted by molar-refractivity contribution is 7.15. The molecule has 1 aliphatic heterocycles. The molecule has 31 heavy (non-hydrogen) atoms. The van der Waals surface area contributed by atoms with Crippen molar-refractivity contribution in [2.24, 2.45) is 28.3 Å². The van der Waals surface area contributed by atoms with Gasteiger partial charge in [0.05, 0.1) is 30.5 Å². The number of hydrogen-bond acceptors (Lipinski definition) is 7. The molecule has 4 N–H and O–H groups in total. The molecule has 5 rings (SSSR count). The van der Waals surface area contributed by atoms with Crippen molar-refractivity contribution >= 4 is 28.6 Å². The predicted octanol–water partition coefficient (Wildman–Crippen LogP) is 2.81. The van der Waals surface area contributed by atoms with Gasteiger partial charge in [0.1, 0.15) is 16.7 Å². The number of amidine groups is 1. The number of aliphatic imine (C=N–C) groups is 1. The number of allylic oxidation sites excluding steroid dienone is 6. The third-order valence-corrected chi connectivity index (χ3v) is 7.19. The molecule has 7 nitrogen and oxygen atoms in total. The molecule has 3 aliphatic rings. The minimum absolute atomic E-state index is 0.146. The maximum Gasteiger partial charge on any atom is 0.139 e. The fourth-order valence-corrected chi connectivity index (χ4v) is 5.58. The SMILES string of the molecule is CC1C(c2nc(-c3ccc(N4CCOCC4)nc3)c(C(N)=NCN)s2)=C2C=CC=CC21. The first-order valence-corrected chi connectivity index (χ1v) is 11.4. The van der Waals surface area contributed by atoms with Crippen molar-refractivity contribution in [3.05, 3.63) is 58.1 Å². The number of morpholine rings is 1. The molecule has 0 saturated carbocycles. The third kappa shape index (κ3) is 3.60. The number of ether oxygens (including phenoxy) is 1. The van der Waals surface area contributed by atoms with Gasteiger partial charge in [-0.05, 0) is 29.2 Å². The summed E-state index contributed by atoms with van der Waals surface area (Å²) < 4.78 is 5.44. The largest absolute Gasteiger partial charge is 0.383 e. The molecule has 1 fully saturated rings. The van der Waals surface area contributed by atoms with Crippen LogP contribution in [0.5, 0.6) is 0 Å². The number of aromatic nitrogens is 2. The highest BCUT2D eigenvalue weighted by Crippen LogP contribution is 2.50. The van der Waals surface area contributed by atoms with Gasteiger partial charge in [-0.15, -0.1) is 11.3 Å². The van der Waals surface area contributed by atoms with Crippen molar-refractivity contribution < 1.29 is 4.74 Å². The van der Waals surface area contributed by atoms with Crippen LogP contribution in [0.3, 0.4) is 0 Å². The van der Waals surface area contributed by atoms with E-state index in [1.807, 2.05) is 12.3 Å². The van der Waals surface area contributed by atoms with Crippen molar-refractivity contribution in [2.75, 3.05) is 37.9 Å². The Morgan fingerprint density at radius 1 is 1.29 bits per heavy atom. The molecule has 0 bridgehead atoms. The summed E-state index contributed by atoms with van der Waals surface area (Å²) in [7, 11) is 0. The predicted molar refractivity (Wildman–Crippen MR) is 126 cm³/mol. The van der Waals surface area contributed by atoms with Crippen LogP contribution in [0.25, 0.3) is 16.8 Å². The molecule has 2 aliphatic carbocycles. The summed E-state index contributed by atoms with van der Waals surface area (Å²) in [6, 6.07) is 4.10. The normalized spacial score (nSPS) is 23.2. The molecule has 2 unspecified atom stereocenters. The van der Waals surface area contributed by atoms with Gasteiger partial charge in [0.25, 0.3) is 0 Å². The first-order chi connectivity index (χ1) is 15.2. The summed E-state index contributed by atoms with van der Waals surface area (Å²) in [5, 5.41) is 0.996. The first-order valence-electron chi connectivity index (χ1n) is 10.6. The zero-order valence-corrected chi connectivity index (χ0v) is 18.3. The maximum atomic E-state index is 6.29. The van der Waals surface area contributed by atoms with Crippen molar-refractivity contribution in [3.8, 4) is 11.3 Å². The van der Waals surface area contributed by atoms with Gasteiger partial charge in [-0.3, -0.25) is 4.99 Å². The zero-order chi connectivity index (χ0) is 21.4. The molecule has 160 valence electrons. The Kier molecular flexibility index (Phi) is 5.43. The average molecular weight is 435 g/mol. The first kappa shape index (κ1) is 20.1. The van der Waals surface area contributed by atoms with E-state index in [1.165, 1.54) is 11.1 Å². The van der Waals surface area contributed by atoms with Gasteiger partial charge in [0, 0.05) is 30.8 Å². The Morgan fingerprint density at radius 3 is 2.87 bits per heavy atom. The van der Waals surface area contributed by atoms with E-state index in [4.69, 9.17) is 26.2 Å². The number of pyridine rings is 1. The molecule has 0 aromatic carbocycles. The van der Waals surface area contributed by atoms with E-state index in [0.29, 0.717) is 17.7 Å². The summed E-state index contributed by atoms with van der Waals surface area (Å²) >= 11 is 1.59. The number of fused-ring (bicyclic) bond motifs is 1. The number of nitrogens with two attached hydrogens (primary N) is 2. The fraction of sp³-hybridized carbons (Fsp3) is 0.348. The van der Waals surface area contributed by atoms with E-state index in [1.54, 1.807) is 11.3 Å². The number of hydrogen-bond donors (Lipinski definition) is 2. The number of anilines is 1. The lowest BCUT2D eigenvalue weighted by Crippen LogP contribution is -2.36. The van der Waals surface area contributed by atoms with Gasteiger partial charge in [0.2, 0.25) is 0 Å². The zero-order valence-electron chi connectivity index (χ0n) is 17.5. The number of thiazole rings is 1. The van der Waals surface area contributed by atoms with E-state index in [9.17, 15) is 0 Å². The van der Waals surface area contributed by atoms with Crippen molar-refractivity contribution in [3.63, 3.8) is 0 Å². The molecule has 1 saturated heterocycles. The van der Waals surface area contributed by atoms with Gasteiger partial charge in [0.15, 0.2) is 0 Å². The van der Waals surface area contributed by atoms with Crippen LogP contribution in [0.2, 0.25) is 0 Å². The second-order valence-corrected chi connectivity index (χ2v) is 8.85. The maximum absolute atomic E-state index is 6.29. The Morgan fingerprint density at radius 2 is 2.13 bits per heavy atom. The molecule has 2 aromatic rings. The molecule has 0 spiro atoms. The van der Waals surface area contributed by atoms with Gasteiger partial charge < -0.3 is 21.1 Å². The minimum atomic E-state index is 0.146. The smallest absolute Gasteiger partial charge is 0.139 e. The van der Waals surface area contributed by atoms with E-state index in [-0.39, 0.29) is 6.67 Å². The number of rotatable bonds is 5. The molecular weight excluding hydrogens is 408 g/mol. The molecular formula is C23H26N6OS. The highest BCUT2D eigenvalue weighted by Gasteiger charge is 2.37. The minimum Gasteiger partial charge on any atom is -0.383 e. The van der Waals surface area contributed by atoms with Crippen LogP contribution < -0.4 is 16.4 Å². The number of nitrogens with zero attached hydrogens (tertiary/aromatic N) is 4. The van der Waals surface area contributed by atoms with Crippen molar-refractivity contribution in [1.29, 1.82) is 0 Å². The van der Waals surface area contributed by atoms with Crippen molar-refractivity contribution in [1.82, 2.24) is 9.97 Å². The molecule has 2 aromatic heterocycles. The average Bonchev–Trinajstić information content (AvgIpc) is 3.24. The lowest BCUT2D eigenvalue weighted by atomic mass is 9.67. The van der Waals surface area contributed by atoms with Crippen LogP contribution >= 0.6 is 11.3 Å². The van der Waals surface area contributed by atoms with Gasteiger partial charge in [-0.25, -0.2) is 9.97 Å². The van der Waals surface area contributed by atoms with Gasteiger partial charge >= 0.3 is 0 Å². The summed E-state index contributed by atoms with van der Waals surface area (Å²) in [5.74, 6) is 2.27. The Bertz CT molecular complexity index is 1090. The van der Waals surface area contributed by atoms with E-state index in [2.05, 4.69) is 47.2 Å². The van der Waals surface area contributed by atoms with Gasteiger partial charge in [-0.1, -0.05) is 31.2 Å². The topological polar surface area (TPSA) is 103 Å². The molecule has 3 heterocycles. The van der Waals surface area contributed by atoms with Crippen LogP contribution in [0.4, 0.5) is 5.82 Å². The second-order valence-electron chi connectivity index (χ2n) is 7.85. The van der Waals surface area contributed by atoms with E-state index in [0.717, 1.165) is 53.3 Å². The van der Waals surface area contributed by atoms with E-state index >= 15 is 0 Å². The van der Waals surface area contributed by atoms with Crippen LogP contribution in [0.1, 0.15) is 16.8 Å². The summed E-state index contributed by atoms with van der Waals surface area (Å²) in [5.41, 5.74) is 16.3. The van der Waals surface area contributed by atoms with Gasteiger partial charge in [-0.2, -0.15) is 0 Å². The van der Waals surface area contributed by atoms with Crippen molar-refractivity contribution in [2.45, 2.75) is 6.92 Å². The fourth-order valence-electron chi connectivity index (χ4n) is 4.41. The lowest BCUT2D eigenvalue weighted by molar-refractivity contribution is 0.122. The summed E-state index contributed by atoms with van der Waals surface area (Å²) in [6.45, 7) is 5.57. The van der Waals surface area contributed by atoms with E-state index < -0.39 is 0 Å². The lowest BCUT2D eigenvalue weighted by Gasteiger charge is -2.37. The Balaban J connectivity index is 1.53. The van der Waals surface area contributed by atoms with Crippen LogP contribution in [-0.4, -0.2) is 48.8 Å². The third-order valence-electron chi connectivity index (χ3n) is 6.08. The molecule has 2 atom stereocenters.